The smallest absolute Gasteiger partial charge is 0.0622 e. The molecule has 0 aromatic heterocycles. The van der Waals surface area contributed by atoms with Gasteiger partial charge in [-0.05, 0) is 125 Å². The summed E-state index contributed by atoms with van der Waals surface area (Å²) < 4.78 is 0. The third-order valence-electron chi connectivity index (χ3n) is 10.3. The molecule has 0 amide bonds. The summed E-state index contributed by atoms with van der Waals surface area (Å²) in [5, 5.41) is 20.2. The molecule has 0 radical (unpaired) electrons. The van der Waals surface area contributed by atoms with E-state index in [1.54, 1.807) is 0 Å². The summed E-state index contributed by atoms with van der Waals surface area (Å²) in [5.74, 6) is 6.30. The summed E-state index contributed by atoms with van der Waals surface area (Å²) in [7, 11) is 0. The van der Waals surface area contributed by atoms with Gasteiger partial charge in [0.15, 0.2) is 0 Å². The van der Waals surface area contributed by atoms with Gasteiger partial charge in [0.2, 0.25) is 0 Å². The Morgan fingerprint density at radius 1 is 0.857 bits per heavy atom. The first-order chi connectivity index (χ1) is 13.2. The SMILES string of the molecule is C[C@H](CCC[C@@H](C)O)[C@H]1CC[C@H]2[C@@H]3CC[C@H]4C[C@@](C)(O)CC[C@@H]4[C@H]3CC[C@]12C. The molecule has 0 spiro atoms. The van der Waals surface area contributed by atoms with E-state index in [1.807, 2.05) is 6.92 Å². The lowest BCUT2D eigenvalue weighted by Crippen LogP contribution is -2.50. The molecule has 2 N–H and O–H groups in total. The summed E-state index contributed by atoms with van der Waals surface area (Å²) in [6, 6.07) is 0. The van der Waals surface area contributed by atoms with Crippen molar-refractivity contribution in [1.29, 1.82) is 0 Å². The minimum atomic E-state index is -0.392. The number of fused-ring (bicyclic) bond motifs is 5. The standard InChI is InChI=1S/C26H46O2/c1-17(6-5-7-18(2)27)23-10-11-24-22-9-8-19-16-25(3,28)14-12-20(19)21(22)13-15-26(23,24)4/h17-24,27-28H,5-16H2,1-4H3/t17-,18-,19+,20+,21-,22-,23-,24+,25+,26-/m1/s1. The highest BCUT2D eigenvalue weighted by atomic mass is 16.3. The van der Waals surface area contributed by atoms with Gasteiger partial charge in [0.1, 0.15) is 0 Å². The Kier molecular flexibility index (Phi) is 5.95. The summed E-state index contributed by atoms with van der Waals surface area (Å²) in [5.41, 5.74) is 0.176. The lowest BCUT2D eigenvalue weighted by molar-refractivity contribution is -0.103. The second-order valence-electron chi connectivity index (χ2n) is 12.2. The molecular formula is C26H46O2. The van der Waals surface area contributed by atoms with Gasteiger partial charge in [-0.15, -0.1) is 0 Å². The maximum Gasteiger partial charge on any atom is 0.0622 e. The molecule has 4 aliphatic rings. The van der Waals surface area contributed by atoms with Gasteiger partial charge < -0.3 is 10.2 Å². The highest BCUT2D eigenvalue weighted by Gasteiger charge is 2.58. The van der Waals surface area contributed by atoms with Crippen LogP contribution in [-0.2, 0) is 0 Å². The van der Waals surface area contributed by atoms with Gasteiger partial charge in [-0.1, -0.05) is 26.7 Å². The van der Waals surface area contributed by atoms with Gasteiger partial charge in [0, 0.05) is 0 Å². The van der Waals surface area contributed by atoms with Crippen LogP contribution in [-0.4, -0.2) is 21.9 Å². The van der Waals surface area contributed by atoms with Gasteiger partial charge in [-0.25, -0.2) is 0 Å². The van der Waals surface area contributed by atoms with Crippen molar-refractivity contribution >= 4 is 0 Å². The third-order valence-corrected chi connectivity index (χ3v) is 10.3. The number of aliphatic hydroxyl groups is 2. The normalized spacial score (nSPS) is 50.4. The Balaban J connectivity index is 1.42. The van der Waals surface area contributed by atoms with Crippen molar-refractivity contribution in [2.24, 2.45) is 46.8 Å². The van der Waals surface area contributed by atoms with Crippen molar-refractivity contribution in [1.82, 2.24) is 0 Å². The minimum Gasteiger partial charge on any atom is -0.393 e. The first-order valence-electron chi connectivity index (χ1n) is 12.6. The third kappa shape index (κ3) is 3.82. The lowest BCUT2D eigenvalue weighted by Gasteiger charge is -2.57. The predicted octanol–water partition coefficient (Wildman–Crippen LogP) is 6.19. The molecule has 0 aromatic carbocycles. The zero-order chi connectivity index (χ0) is 20.1. The Morgan fingerprint density at radius 3 is 2.36 bits per heavy atom. The molecule has 10 atom stereocenters. The Hall–Kier alpha value is -0.0800. The maximum absolute atomic E-state index is 10.6. The molecule has 4 fully saturated rings. The van der Waals surface area contributed by atoms with Crippen molar-refractivity contribution in [2.45, 2.75) is 116 Å². The summed E-state index contributed by atoms with van der Waals surface area (Å²) in [4.78, 5) is 0. The molecule has 4 rings (SSSR count). The van der Waals surface area contributed by atoms with Crippen molar-refractivity contribution in [3.05, 3.63) is 0 Å². The molecule has 2 nitrogen and oxygen atoms in total. The van der Waals surface area contributed by atoms with Crippen molar-refractivity contribution in [2.75, 3.05) is 0 Å². The average molecular weight is 391 g/mol. The quantitative estimate of drug-likeness (QED) is 0.587. The van der Waals surface area contributed by atoms with E-state index in [0.29, 0.717) is 5.41 Å². The summed E-state index contributed by atoms with van der Waals surface area (Å²) in [6.45, 7) is 9.18. The van der Waals surface area contributed by atoms with E-state index < -0.39 is 5.60 Å². The number of rotatable bonds is 5. The molecule has 162 valence electrons. The summed E-state index contributed by atoms with van der Waals surface area (Å²) in [6.07, 6.45) is 15.3. The largest absolute Gasteiger partial charge is 0.393 e. The molecule has 28 heavy (non-hydrogen) atoms. The number of hydrogen-bond donors (Lipinski definition) is 2. The Labute approximate surface area is 173 Å². The van der Waals surface area contributed by atoms with Gasteiger partial charge in [0.25, 0.3) is 0 Å². The van der Waals surface area contributed by atoms with E-state index in [4.69, 9.17) is 0 Å². The molecule has 0 saturated heterocycles. The van der Waals surface area contributed by atoms with E-state index in [0.717, 1.165) is 60.7 Å². The second-order valence-corrected chi connectivity index (χ2v) is 12.2. The molecule has 0 heterocycles. The highest BCUT2D eigenvalue weighted by Crippen LogP contribution is 2.65. The zero-order valence-electron chi connectivity index (χ0n) is 19.0. The predicted molar refractivity (Wildman–Crippen MR) is 116 cm³/mol. The van der Waals surface area contributed by atoms with Crippen LogP contribution in [0.25, 0.3) is 0 Å². The van der Waals surface area contributed by atoms with Crippen LogP contribution in [0.2, 0.25) is 0 Å². The molecule has 0 unspecified atom stereocenters. The lowest BCUT2D eigenvalue weighted by atomic mass is 9.48. The zero-order valence-corrected chi connectivity index (χ0v) is 19.0. The molecule has 4 aliphatic carbocycles. The minimum absolute atomic E-state index is 0.138. The number of hydrogen-bond acceptors (Lipinski definition) is 2. The molecule has 4 saturated carbocycles. The van der Waals surface area contributed by atoms with Crippen LogP contribution in [0.5, 0.6) is 0 Å². The fraction of sp³-hybridized carbons (Fsp3) is 1.00. The molecular weight excluding hydrogens is 344 g/mol. The van der Waals surface area contributed by atoms with Crippen LogP contribution in [0.15, 0.2) is 0 Å². The first-order valence-corrected chi connectivity index (χ1v) is 12.6. The van der Waals surface area contributed by atoms with Crippen LogP contribution in [0, 0.1) is 46.8 Å². The molecule has 2 heteroatoms. The van der Waals surface area contributed by atoms with E-state index in [1.165, 1.54) is 57.8 Å². The van der Waals surface area contributed by atoms with Crippen LogP contribution < -0.4 is 0 Å². The molecule has 0 aromatic rings. The summed E-state index contributed by atoms with van der Waals surface area (Å²) >= 11 is 0. The first kappa shape index (κ1) is 21.2. The van der Waals surface area contributed by atoms with Crippen molar-refractivity contribution in [3.63, 3.8) is 0 Å². The maximum atomic E-state index is 10.6. The fourth-order valence-corrected chi connectivity index (χ4v) is 8.99. The Morgan fingerprint density at radius 2 is 1.61 bits per heavy atom. The van der Waals surface area contributed by atoms with Crippen LogP contribution in [0.4, 0.5) is 0 Å². The van der Waals surface area contributed by atoms with Crippen LogP contribution in [0.1, 0.15) is 105 Å². The average Bonchev–Trinajstić information content (AvgIpc) is 2.97. The van der Waals surface area contributed by atoms with Gasteiger partial charge in [0.05, 0.1) is 11.7 Å². The van der Waals surface area contributed by atoms with Crippen molar-refractivity contribution in [3.8, 4) is 0 Å². The second kappa shape index (κ2) is 7.88. The molecule has 0 bridgehead atoms. The van der Waals surface area contributed by atoms with Crippen LogP contribution in [0.3, 0.4) is 0 Å². The van der Waals surface area contributed by atoms with E-state index in [2.05, 4.69) is 20.8 Å². The van der Waals surface area contributed by atoms with Gasteiger partial charge >= 0.3 is 0 Å². The number of aliphatic hydroxyl groups excluding tert-OH is 1. The van der Waals surface area contributed by atoms with Gasteiger partial charge in [-0.3, -0.25) is 0 Å². The van der Waals surface area contributed by atoms with E-state index in [9.17, 15) is 10.2 Å². The van der Waals surface area contributed by atoms with Gasteiger partial charge in [-0.2, -0.15) is 0 Å². The topological polar surface area (TPSA) is 40.5 Å². The van der Waals surface area contributed by atoms with Crippen molar-refractivity contribution < 1.29 is 10.2 Å². The highest BCUT2D eigenvalue weighted by molar-refractivity contribution is 5.07. The molecule has 0 aliphatic heterocycles. The van der Waals surface area contributed by atoms with E-state index >= 15 is 0 Å². The fourth-order valence-electron chi connectivity index (χ4n) is 8.99. The monoisotopic (exact) mass is 390 g/mol. The van der Waals surface area contributed by atoms with Crippen LogP contribution >= 0.6 is 0 Å². The van der Waals surface area contributed by atoms with E-state index in [-0.39, 0.29) is 6.10 Å². The Bertz CT molecular complexity index is 541.